The van der Waals surface area contributed by atoms with Crippen molar-refractivity contribution < 1.29 is 0 Å². The zero-order chi connectivity index (χ0) is 9.97. The van der Waals surface area contributed by atoms with Crippen molar-refractivity contribution in [3.63, 3.8) is 0 Å². The third kappa shape index (κ3) is 1.40. The van der Waals surface area contributed by atoms with Gasteiger partial charge in [0.25, 0.3) is 0 Å². The molecule has 2 rings (SSSR count). The fraction of sp³-hybridized carbons (Fsp3) is 0.0833. The molecule has 0 amide bonds. The Labute approximate surface area is 91.1 Å². The Balaban J connectivity index is 2.86. The lowest BCUT2D eigenvalue weighted by atomic mass is 10.0. The molecule has 0 spiro atoms. The zero-order valence-corrected chi connectivity index (χ0v) is 9.08. The molecule has 0 bridgehead atoms. The molecule has 14 heavy (non-hydrogen) atoms. The molecule has 68 valence electrons. The molecule has 0 unspecified atom stereocenters. The van der Waals surface area contributed by atoms with E-state index in [0.717, 1.165) is 21.7 Å². The van der Waals surface area contributed by atoms with Crippen LogP contribution in [0, 0.1) is 11.3 Å². The molecule has 2 aromatic rings. The van der Waals surface area contributed by atoms with E-state index < -0.39 is 0 Å². The number of hydrogen-bond donors (Lipinski definition) is 0. The van der Waals surface area contributed by atoms with Crippen molar-refractivity contribution in [1.82, 2.24) is 0 Å². The molecule has 2 aromatic carbocycles. The molecule has 1 nitrogen and oxygen atoms in total. The van der Waals surface area contributed by atoms with Crippen LogP contribution in [0.15, 0.2) is 36.4 Å². The van der Waals surface area contributed by atoms with Gasteiger partial charge >= 0.3 is 0 Å². The molecule has 0 saturated heterocycles. The van der Waals surface area contributed by atoms with E-state index in [4.69, 9.17) is 5.26 Å². The van der Waals surface area contributed by atoms with Crippen LogP contribution in [0.1, 0.15) is 11.1 Å². The van der Waals surface area contributed by atoms with Gasteiger partial charge in [0.1, 0.15) is 0 Å². The van der Waals surface area contributed by atoms with Gasteiger partial charge in [0, 0.05) is 5.33 Å². The summed E-state index contributed by atoms with van der Waals surface area (Å²) in [6.45, 7) is 0. The van der Waals surface area contributed by atoms with Crippen molar-refractivity contribution in [3.8, 4) is 6.07 Å². The van der Waals surface area contributed by atoms with Gasteiger partial charge in [-0.3, -0.25) is 0 Å². The van der Waals surface area contributed by atoms with Crippen LogP contribution in [0.2, 0.25) is 0 Å². The minimum absolute atomic E-state index is 0.741. The Morgan fingerprint density at radius 3 is 2.50 bits per heavy atom. The number of halogens is 1. The van der Waals surface area contributed by atoms with Crippen molar-refractivity contribution >= 4 is 26.7 Å². The van der Waals surface area contributed by atoms with Crippen molar-refractivity contribution in [1.29, 1.82) is 5.26 Å². The van der Waals surface area contributed by atoms with E-state index in [-0.39, 0.29) is 0 Å². The lowest BCUT2D eigenvalue weighted by Gasteiger charge is -2.03. The standard InChI is InChI=1S/C12H8BrN/c13-7-9-3-1-6-12-10(8-14)4-2-5-11(9)12/h1-6H,7H2. The van der Waals surface area contributed by atoms with Crippen LogP contribution in [0.5, 0.6) is 0 Å². The van der Waals surface area contributed by atoms with Gasteiger partial charge in [-0.2, -0.15) is 5.26 Å². The first-order valence-corrected chi connectivity index (χ1v) is 5.45. The molecule has 0 aliphatic rings. The minimum atomic E-state index is 0.741. The van der Waals surface area contributed by atoms with Gasteiger partial charge in [-0.15, -0.1) is 0 Å². The van der Waals surface area contributed by atoms with Crippen LogP contribution in [-0.4, -0.2) is 0 Å². The smallest absolute Gasteiger partial charge is 0.0998 e. The van der Waals surface area contributed by atoms with Crippen molar-refractivity contribution in [2.24, 2.45) is 0 Å². The SMILES string of the molecule is N#Cc1cccc2c(CBr)cccc12. The summed E-state index contributed by atoms with van der Waals surface area (Å²) in [6, 6.07) is 14.1. The Hall–Kier alpha value is -1.33. The van der Waals surface area contributed by atoms with Crippen LogP contribution in [0.4, 0.5) is 0 Å². The first-order valence-electron chi connectivity index (χ1n) is 4.33. The summed E-state index contributed by atoms with van der Waals surface area (Å²) in [5.74, 6) is 0. The summed E-state index contributed by atoms with van der Waals surface area (Å²) in [5, 5.41) is 11.9. The summed E-state index contributed by atoms with van der Waals surface area (Å²) >= 11 is 3.44. The molecule has 0 radical (unpaired) electrons. The summed E-state index contributed by atoms with van der Waals surface area (Å²) in [6.07, 6.45) is 0. The largest absolute Gasteiger partial charge is 0.192 e. The second-order valence-electron chi connectivity index (χ2n) is 3.06. The molecule has 0 heterocycles. The normalized spacial score (nSPS) is 10.0. The number of nitriles is 1. The van der Waals surface area contributed by atoms with Gasteiger partial charge in [0.2, 0.25) is 0 Å². The third-order valence-electron chi connectivity index (χ3n) is 2.28. The molecular weight excluding hydrogens is 238 g/mol. The second kappa shape index (κ2) is 3.81. The first-order chi connectivity index (χ1) is 6.86. The highest BCUT2D eigenvalue weighted by Gasteiger charge is 2.02. The number of alkyl halides is 1. The fourth-order valence-electron chi connectivity index (χ4n) is 1.59. The Morgan fingerprint density at radius 1 is 1.07 bits per heavy atom. The number of hydrogen-bond acceptors (Lipinski definition) is 1. The van der Waals surface area contributed by atoms with Crippen LogP contribution in [0.25, 0.3) is 10.8 Å². The monoisotopic (exact) mass is 245 g/mol. The Kier molecular flexibility index (Phi) is 2.51. The van der Waals surface area contributed by atoms with Gasteiger partial charge in [-0.05, 0) is 22.4 Å². The molecule has 0 aromatic heterocycles. The topological polar surface area (TPSA) is 23.8 Å². The van der Waals surface area contributed by atoms with Crippen molar-refractivity contribution in [2.75, 3.05) is 0 Å². The Bertz CT molecular complexity index is 511. The van der Waals surface area contributed by atoms with E-state index in [1.807, 2.05) is 30.3 Å². The summed E-state index contributed by atoms with van der Waals surface area (Å²) in [7, 11) is 0. The fourth-order valence-corrected chi connectivity index (χ4v) is 2.08. The summed E-state index contributed by atoms with van der Waals surface area (Å²) in [5.41, 5.74) is 1.96. The van der Waals surface area contributed by atoms with Gasteiger partial charge in [-0.1, -0.05) is 46.3 Å². The molecule has 0 N–H and O–H groups in total. The highest BCUT2D eigenvalue weighted by molar-refractivity contribution is 9.08. The van der Waals surface area contributed by atoms with Gasteiger partial charge in [-0.25, -0.2) is 0 Å². The molecule has 0 fully saturated rings. The first kappa shape index (κ1) is 9.23. The predicted octanol–water partition coefficient (Wildman–Crippen LogP) is 3.61. The van der Waals surface area contributed by atoms with Crippen LogP contribution < -0.4 is 0 Å². The lowest BCUT2D eigenvalue weighted by molar-refractivity contribution is 1.47. The molecular formula is C12H8BrN. The summed E-state index contributed by atoms with van der Waals surface area (Å²) < 4.78 is 0. The third-order valence-corrected chi connectivity index (χ3v) is 2.88. The second-order valence-corrected chi connectivity index (χ2v) is 3.62. The van der Waals surface area contributed by atoms with E-state index in [1.54, 1.807) is 0 Å². The highest BCUT2D eigenvalue weighted by Crippen LogP contribution is 2.23. The average molecular weight is 246 g/mol. The molecule has 0 aliphatic heterocycles. The maximum absolute atomic E-state index is 8.94. The number of nitrogens with zero attached hydrogens (tertiary/aromatic N) is 1. The average Bonchev–Trinajstić information content (AvgIpc) is 2.27. The maximum Gasteiger partial charge on any atom is 0.0998 e. The Morgan fingerprint density at radius 2 is 1.79 bits per heavy atom. The number of rotatable bonds is 1. The van der Waals surface area contributed by atoms with Crippen LogP contribution >= 0.6 is 15.9 Å². The van der Waals surface area contributed by atoms with Gasteiger partial charge in [0.05, 0.1) is 11.6 Å². The molecule has 2 heteroatoms. The highest BCUT2D eigenvalue weighted by atomic mass is 79.9. The zero-order valence-electron chi connectivity index (χ0n) is 7.50. The van der Waals surface area contributed by atoms with E-state index in [0.29, 0.717) is 0 Å². The van der Waals surface area contributed by atoms with Crippen LogP contribution in [0.3, 0.4) is 0 Å². The van der Waals surface area contributed by atoms with Gasteiger partial charge < -0.3 is 0 Å². The van der Waals surface area contributed by atoms with E-state index in [9.17, 15) is 0 Å². The number of fused-ring (bicyclic) bond motifs is 1. The van der Waals surface area contributed by atoms with Crippen molar-refractivity contribution in [3.05, 3.63) is 47.5 Å². The van der Waals surface area contributed by atoms with Crippen LogP contribution in [-0.2, 0) is 5.33 Å². The minimum Gasteiger partial charge on any atom is -0.192 e. The van der Waals surface area contributed by atoms with E-state index in [2.05, 4.69) is 28.1 Å². The number of benzene rings is 2. The quantitative estimate of drug-likeness (QED) is 0.705. The van der Waals surface area contributed by atoms with E-state index in [1.165, 1.54) is 5.56 Å². The maximum atomic E-state index is 8.94. The molecule has 0 atom stereocenters. The van der Waals surface area contributed by atoms with E-state index >= 15 is 0 Å². The molecule has 0 aliphatic carbocycles. The lowest BCUT2D eigenvalue weighted by Crippen LogP contribution is -1.84. The summed E-state index contributed by atoms with van der Waals surface area (Å²) in [4.78, 5) is 0. The molecule has 0 saturated carbocycles. The van der Waals surface area contributed by atoms with Crippen molar-refractivity contribution in [2.45, 2.75) is 5.33 Å². The van der Waals surface area contributed by atoms with Gasteiger partial charge in [0.15, 0.2) is 0 Å². The predicted molar refractivity (Wildman–Crippen MR) is 61.3 cm³/mol.